The molecule has 3 unspecified atom stereocenters. The van der Waals surface area contributed by atoms with Gasteiger partial charge in [-0.25, -0.2) is 0 Å². The average molecular weight is 310 g/mol. The first-order chi connectivity index (χ1) is 10.6. The van der Waals surface area contributed by atoms with E-state index in [4.69, 9.17) is 5.73 Å². The van der Waals surface area contributed by atoms with Gasteiger partial charge in [0, 0.05) is 51.2 Å². The third-order valence-corrected chi connectivity index (χ3v) is 5.19. The maximum Gasteiger partial charge on any atom is 0.223 e. The minimum absolute atomic E-state index is 0.143. The van der Waals surface area contributed by atoms with Crippen LogP contribution in [0, 0.1) is 11.8 Å². The number of nitrogens with two attached hydrogens (primary N) is 1. The SMILES string of the molecule is CCN1CCN(CC(C)CNC(=O)C2CCCC(N)C2)CC1. The van der Waals surface area contributed by atoms with Gasteiger partial charge in [-0.1, -0.05) is 20.3 Å². The molecule has 3 N–H and O–H groups in total. The monoisotopic (exact) mass is 310 g/mol. The van der Waals surface area contributed by atoms with E-state index in [0.717, 1.165) is 58.4 Å². The molecule has 0 spiro atoms. The number of hydrogen-bond acceptors (Lipinski definition) is 4. The second kappa shape index (κ2) is 8.85. The van der Waals surface area contributed by atoms with Gasteiger partial charge in [-0.15, -0.1) is 0 Å². The van der Waals surface area contributed by atoms with Gasteiger partial charge in [0.25, 0.3) is 0 Å². The van der Waals surface area contributed by atoms with Crippen molar-refractivity contribution < 1.29 is 4.79 Å². The molecule has 128 valence electrons. The van der Waals surface area contributed by atoms with Gasteiger partial charge >= 0.3 is 0 Å². The number of hydrogen-bond donors (Lipinski definition) is 2. The number of amides is 1. The van der Waals surface area contributed by atoms with Crippen molar-refractivity contribution in [2.75, 3.05) is 45.8 Å². The zero-order chi connectivity index (χ0) is 15.9. The average Bonchev–Trinajstić information content (AvgIpc) is 2.53. The number of piperazine rings is 1. The summed E-state index contributed by atoms with van der Waals surface area (Å²) in [5.41, 5.74) is 5.97. The predicted molar refractivity (Wildman–Crippen MR) is 90.7 cm³/mol. The number of carbonyl (C=O) groups excluding carboxylic acids is 1. The Hall–Kier alpha value is -0.650. The van der Waals surface area contributed by atoms with E-state index in [-0.39, 0.29) is 17.9 Å². The van der Waals surface area contributed by atoms with Crippen molar-refractivity contribution in [3.05, 3.63) is 0 Å². The Morgan fingerprint density at radius 3 is 2.55 bits per heavy atom. The summed E-state index contributed by atoms with van der Waals surface area (Å²) in [5.74, 6) is 0.872. The molecular formula is C17H34N4O. The van der Waals surface area contributed by atoms with Crippen molar-refractivity contribution >= 4 is 5.91 Å². The molecule has 0 aromatic heterocycles. The molecule has 1 amide bonds. The summed E-state index contributed by atoms with van der Waals surface area (Å²) in [6.07, 6.45) is 4.03. The van der Waals surface area contributed by atoms with Crippen LogP contribution >= 0.6 is 0 Å². The maximum absolute atomic E-state index is 12.2. The molecule has 1 aliphatic heterocycles. The first-order valence-corrected chi connectivity index (χ1v) is 9.06. The highest BCUT2D eigenvalue weighted by molar-refractivity contribution is 5.78. The van der Waals surface area contributed by atoms with Gasteiger partial charge < -0.3 is 20.9 Å². The van der Waals surface area contributed by atoms with Crippen molar-refractivity contribution in [1.82, 2.24) is 15.1 Å². The normalized spacial score (nSPS) is 29.2. The summed E-state index contributed by atoms with van der Waals surface area (Å²) < 4.78 is 0. The summed E-state index contributed by atoms with van der Waals surface area (Å²) in [6.45, 7) is 12.2. The molecule has 5 heteroatoms. The molecule has 22 heavy (non-hydrogen) atoms. The summed E-state index contributed by atoms with van der Waals surface area (Å²) in [4.78, 5) is 17.3. The molecule has 0 radical (unpaired) electrons. The van der Waals surface area contributed by atoms with Crippen LogP contribution in [-0.2, 0) is 4.79 Å². The Morgan fingerprint density at radius 2 is 1.91 bits per heavy atom. The lowest BCUT2D eigenvalue weighted by molar-refractivity contribution is -0.126. The topological polar surface area (TPSA) is 61.6 Å². The van der Waals surface area contributed by atoms with Crippen molar-refractivity contribution in [3.8, 4) is 0 Å². The summed E-state index contributed by atoms with van der Waals surface area (Å²) in [5, 5.41) is 3.15. The Kier molecular flexibility index (Phi) is 7.12. The van der Waals surface area contributed by atoms with Gasteiger partial charge in [-0.2, -0.15) is 0 Å². The van der Waals surface area contributed by atoms with Gasteiger partial charge in [0.1, 0.15) is 0 Å². The third-order valence-electron chi connectivity index (χ3n) is 5.19. The molecule has 0 bridgehead atoms. The lowest BCUT2D eigenvalue weighted by atomic mass is 9.85. The van der Waals surface area contributed by atoms with Crippen LogP contribution in [0.4, 0.5) is 0 Å². The minimum atomic E-state index is 0.143. The zero-order valence-electron chi connectivity index (χ0n) is 14.4. The molecule has 1 aliphatic carbocycles. The number of carbonyl (C=O) groups is 1. The fourth-order valence-corrected chi connectivity index (χ4v) is 3.68. The first-order valence-electron chi connectivity index (χ1n) is 9.06. The van der Waals surface area contributed by atoms with E-state index < -0.39 is 0 Å². The number of likely N-dealkylation sites (N-methyl/N-ethyl adjacent to an activating group) is 1. The third kappa shape index (κ3) is 5.52. The second-order valence-corrected chi connectivity index (χ2v) is 7.21. The van der Waals surface area contributed by atoms with Gasteiger partial charge in [-0.3, -0.25) is 4.79 Å². The van der Waals surface area contributed by atoms with Crippen LogP contribution in [0.3, 0.4) is 0 Å². The van der Waals surface area contributed by atoms with Crippen LogP contribution in [0.5, 0.6) is 0 Å². The van der Waals surface area contributed by atoms with Crippen LogP contribution in [0.2, 0.25) is 0 Å². The highest BCUT2D eigenvalue weighted by Gasteiger charge is 2.25. The summed E-state index contributed by atoms with van der Waals surface area (Å²) in [6, 6.07) is 0.219. The van der Waals surface area contributed by atoms with Crippen LogP contribution in [0.1, 0.15) is 39.5 Å². The van der Waals surface area contributed by atoms with Crippen molar-refractivity contribution in [1.29, 1.82) is 0 Å². The lowest BCUT2D eigenvalue weighted by Crippen LogP contribution is -2.48. The molecule has 2 fully saturated rings. The summed E-state index contributed by atoms with van der Waals surface area (Å²) >= 11 is 0. The van der Waals surface area contributed by atoms with Gasteiger partial charge in [0.2, 0.25) is 5.91 Å². The van der Waals surface area contributed by atoms with Crippen molar-refractivity contribution in [2.24, 2.45) is 17.6 Å². The van der Waals surface area contributed by atoms with Crippen LogP contribution < -0.4 is 11.1 Å². The van der Waals surface area contributed by atoms with Crippen LogP contribution in [-0.4, -0.2) is 67.6 Å². The highest BCUT2D eigenvalue weighted by Crippen LogP contribution is 2.23. The zero-order valence-corrected chi connectivity index (χ0v) is 14.4. The van der Waals surface area contributed by atoms with E-state index in [2.05, 4.69) is 29.0 Å². The maximum atomic E-state index is 12.2. The Bertz CT molecular complexity index is 342. The highest BCUT2D eigenvalue weighted by atomic mass is 16.1. The Labute approximate surface area is 135 Å². The molecule has 2 rings (SSSR count). The van der Waals surface area contributed by atoms with E-state index >= 15 is 0 Å². The standard InChI is InChI=1S/C17H34N4O/c1-3-20-7-9-21(10-8-20)13-14(2)12-19-17(22)15-5-4-6-16(18)11-15/h14-16H,3-13,18H2,1-2H3,(H,19,22). The van der Waals surface area contributed by atoms with Gasteiger partial charge in [0.05, 0.1) is 0 Å². The van der Waals surface area contributed by atoms with E-state index in [1.165, 1.54) is 13.1 Å². The van der Waals surface area contributed by atoms with Crippen molar-refractivity contribution in [3.63, 3.8) is 0 Å². The van der Waals surface area contributed by atoms with Crippen molar-refractivity contribution in [2.45, 2.75) is 45.6 Å². The molecule has 2 aliphatic rings. The van der Waals surface area contributed by atoms with E-state index in [9.17, 15) is 4.79 Å². The fraction of sp³-hybridized carbons (Fsp3) is 0.941. The van der Waals surface area contributed by atoms with Gasteiger partial charge in [0.15, 0.2) is 0 Å². The molecular weight excluding hydrogens is 276 g/mol. The minimum Gasteiger partial charge on any atom is -0.356 e. The quantitative estimate of drug-likeness (QED) is 0.765. The summed E-state index contributed by atoms with van der Waals surface area (Å²) in [7, 11) is 0. The second-order valence-electron chi connectivity index (χ2n) is 7.21. The van der Waals surface area contributed by atoms with Crippen LogP contribution in [0.25, 0.3) is 0 Å². The Balaban J connectivity index is 1.63. The van der Waals surface area contributed by atoms with Crippen LogP contribution in [0.15, 0.2) is 0 Å². The molecule has 5 nitrogen and oxygen atoms in total. The number of rotatable bonds is 6. The molecule has 0 aromatic rings. The van der Waals surface area contributed by atoms with E-state index in [1.54, 1.807) is 0 Å². The first kappa shape index (κ1) is 17.7. The van der Waals surface area contributed by atoms with E-state index in [0.29, 0.717) is 5.92 Å². The molecule has 0 aromatic carbocycles. The number of nitrogens with one attached hydrogen (secondary N) is 1. The van der Waals surface area contributed by atoms with E-state index in [1.807, 2.05) is 0 Å². The molecule has 1 heterocycles. The number of nitrogens with zero attached hydrogens (tertiary/aromatic N) is 2. The molecule has 1 saturated heterocycles. The largest absolute Gasteiger partial charge is 0.356 e. The van der Waals surface area contributed by atoms with Gasteiger partial charge in [-0.05, 0) is 31.7 Å². The molecule has 1 saturated carbocycles. The lowest BCUT2D eigenvalue weighted by Gasteiger charge is -2.35. The fourth-order valence-electron chi connectivity index (χ4n) is 3.68. The smallest absolute Gasteiger partial charge is 0.223 e. The Morgan fingerprint density at radius 1 is 1.23 bits per heavy atom. The predicted octanol–water partition coefficient (Wildman–Crippen LogP) is 0.894. The molecule has 3 atom stereocenters.